The molecule has 1 fully saturated rings. The van der Waals surface area contributed by atoms with Crippen molar-refractivity contribution in [1.29, 1.82) is 0 Å². The van der Waals surface area contributed by atoms with Crippen molar-refractivity contribution >= 4 is 17.3 Å². The molecule has 1 aliphatic heterocycles. The molecule has 0 aliphatic carbocycles. The molecule has 5 nitrogen and oxygen atoms in total. The van der Waals surface area contributed by atoms with Crippen LogP contribution in [0.25, 0.3) is 0 Å². The molecule has 144 valence electrons. The van der Waals surface area contributed by atoms with Crippen LogP contribution in [0.3, 0.4) is 0 Å². The number of rotatable bonds is 7. The van der Waals surface area contributed by atoms with Crippen LogP contribution in [0.5, 0.6) is 0 Å². The quantitative estimate of drug-likeness (QED) is 0.621. The Kier molecular flexibility index (Phi) is 5.69. The van der Waals surface area contributed by atoms with Crippen LogP contribution in [0.4, 0.5) is 0 Å². The maximum absolute atomic E-state index is 5.75. The first-order chi connectivity index (χ1) is 13.8. The Morgan fingerprint density at radius 3 is 2.64 bits per heavy atom. The molecule has 28 heavy (non-hydrogen) atoms. The second kappa shape index (κ2) is 8.54. The third-order valence-electron chi connectivity index (χ3n) is 5.10. The van der Waals surface area contributed by atoms with E-state index < -0.39 is 0 Å². The smallest absolute Gasteiger partial charge is 0.170 e. The number of aromatic nitrogens is 2. The minimum absolute atomic E-state index is 0.00592. The summed E-state index contributed by atoms with van der Waals surface area (Å²) in [4.78, 5) is 6.87. The predicted molar refractivity (Wildman–Crippen MR) is 114 cm³/mol. The fourth-order valence-corrected chi connectivity index (χ4v) is 4.07. The summed E-state index contributed by atoms with van der Waals surface area (Å²) < 4.78 is 7.55. The summed E-state index contributed by atoms with van der Waals surface area (Å²) in [6, 6.07) is 20.8. The Morgan fingerprint density at radius 1 is 1.07 bits per heavy atom. The second-order valence-electron chi connectivity index (χ2n) is 6.86. The van der Waals surface area contributed by atoms with Gasteiger partial charge >= 0.3 is 0 Å². The average Bonchev–Trinajstić information content (AvgIpc) is 3.32. The highest BCUT2D eigenvalue weighted by molar-refractivity contribution is 7.80. The third-order valence-corrected chi connectivity index (χ3v) is 5.45. The topological polar surface area (TPSA) is 42.3 Å². The molecule has 0 radical (unpaired) electrons. The summed E-state index contributed by atoms with van der Waals surface area (Å²) in [7, 11) is 1.73. The molecule has 6 heteroatoms. The SMILES string of the molecule is COCCn1cccc1[C@H]1[C@@H](c2ccccn2)NC(=S)N1Cc1ccccc1. The van der Waals surface area contributed by atoms with Crippen LogP contribution in [-0.2, 0) is 17.8 Å². The predicted octanol–water partition coefficient (Wildman–Crippen LogP) is 3.70. The maximum Gasteiger partial charge on any atom is 0.170 e. The fraction of sp³-hybridized carbons (Fsp3) is 0.273. The van der Waals surface area contributed by atoms with Gasteiger partial charge in [-0.05, 0) is 42.0 Å². The minimum Gasteiger partial charge on any atom is -0.383 e. The fourth-order valence-electron chi connectivity index (χ4n) is 3.77. The van der Waals surface area contributed by atoms with Gasteiger partial charge in [0.15, 0.2) is 5.11 Å². The van der Waals surface area contributed by atoms with E-state index in [2.05, 4.69) is 68.4 Å². The number of thiocarbonyl (C=S) groups is 1. The molecule has 3 aromatic rings. The minimum atomic E-state index is -0.00592. The van der Waals surface area contributed by atoms with Crippen molar-refractivity contribution in [3.8, 4) is 0 Å². The van der Waals surface area contributed by atoms with Crippen molar-refractivity contribution in [1.82, 2.24) is 19.8 Å². The number of hydrogen-bond acceptors (Lipinski definition) is 3. The normalized spacial score (nSPS) is 19.0. The van der Waals surface area contributed by atoms with E-state index in [1.165, 1.54) is 11.3 Å². The first-order valence-electron chi connectivity index (χ1n) is 9.44. The molecule has 2 aromatic heterocycles. The summed E-state index contributed by atoms with van der Waals surface area (Å²) in [6.07, 6.45) is 3.94. The summed E-state index contributed by atoms with van der Waals surface area (Å²) in [5, 5.41) is 4.27. The van der Waals surface area contributed by atoms with Gasteiger partial charge in [-0.15, -0.1) is 0 Å². The molecule has 1 aromatic carbocycles. The van der Waals surface area contributed by atoms with Crippen molar-refractivity contribution in [2.24, 2.45) is 0 Å². The number of methoxy groups -OCH3 is 1. The van der Waals surface area contributed by atoms with Gasteiger partial charge in [0.1, 0.15) is 0 Å². The highest BCUT2D eigenvalue weighted by atomic mass is 32.1. The molecule has 2 atom stereocenters. The van der Waals surface area contributed by atoms with Crippen molar-refractivity contribution < 1.29 is 4.74 Å². The summed E-state index contributed by atoms with van der Waals surface area (Å²) >= 11 is 5.75. The van der Waals surface area contributed by atoms with Crippen molar-refractivity contribution in [3.63, 3.8) is 0 Å². The molecule has 1 N–H and O–H groups in total. The molecule has 1 saturated heterocycles. The van der Waals surface area contributed by atoms with Crippen LogP contribution < -0.4 is 5.32 Å². The van der Waals surface area contributed by atoms with Crippen LogP contribution >= 0.6 is 12.2 Å². The van der Waals surface area contributed by atoms with Gasteiger partial charge in [0, 0.05) is 38.3 Å². The van der Waals surface area contributed by atoms with E-state index in [4.69, 9.17) is 17.0 Å². The molecule has 3 heterocycles. The number of benzene rings is 1. The molecule has 1 aliphatic rings. The monoisotopic (exact) mass is 392 g/mol. The highest BCUT2D eigenvalue weighted by Gasteiger charge is 2.40. The standard InChI is InChI=1S/C22H24N4OS/c1-27-15-14-25-13-7-11-19(25)21-20(18-10-5-6-12-23-18)24-22(28)26(21)16-17-8-3-2-4-9-17/h2-13,20-21H,14-16H2,1H3,(H,24,28)/t20-,21+/m1/s1. The van der Waals surface area contributed by atoms with E-state index in [0.717, 1.165) is 23.9 Å². The summed E-state index contributed by atoms with van der Waals surface area (Å²) in [5.41, 5.74) is 3.43. The van der Waals surface area contributed by atoms with Gasteiger partial charge in [-0.25, -0.2) is 0 Å². The summed E-state index contributed by atoms with van der Waals surface area (Å²) in [5.74, 6) is 0. The van der Waals surface area contributed by atoms with Crippen molar-refractivity contribution in [2.75, 3.05) is 13.7 Å². The van der Waals surface area contributed by atoms with Gasteiger partial charge < -0.3 is 19.5 Å². The molecule has 0 unspecified atom stereocenters. The van der Waals surface area contributed by atoms with E-state index in [1.807, 2.05) is 24.4 Å². The lowest BCUT2D eigenvalue weighted by Gasteiger charge is -2.29. The molecule has 0 spiro atoms. The van der Waals surface area contributed by atoms with Gasteiger partial charge in [-0.3, -0.25) is 4.98 Å². The maximum atomic E-state index is 5.75. The molecular formula is C22H24N4OS. The Balaban J connectivity index is 1.72. The molecule has 4 rings (SSSR count). The third kappa shape index (κ3) is 3.79. The number of ether oxygens (including phenoxy) is 1. The zero-order valence-corrected chi connectivity index (χ0v) is 16.7. The van der Waals surface area contributed by atoms with Gasteiger partial charge in [-0.2, -0.15) is 0 Å². The molecule has 0 amide bonds. The lowest BCUT2D eigenvalue weighted by molar-refractivity contribution is 0.183. The number of hydrogen-bond donors (Lipinski definition) is 1. The van der Waals surface area contributed by atoms with Crippen LogP contribution in [0, 0.1) is 0 Å². The highest BCUT2D eigenvalue weighted by Crippen LogP contribution is 2.39. The zero-order valence-electron chi connectivity index (χ0n) is 15.9. The van der Waals surface area contributed by atoms with Gasteiger partial charge in [0.2, 0.25) is 0 Å². The number of nitrogens with one attached hydrogen (secondary N) is 1. The molecular weight excluding hydrogens is 368 g/mol. The van der Waals surface area contributed by atoms with Gasteiger partial charge in [0.25, 0.3) is 0 Å². The number of nitrogens with zero attached hydrogens (tertiary/aromatic N) is 3. The Morgan fingerprint density at radius 2 is 1.89 bits per heavy atom. The summed E-state index contributed by atoms with van der Waals surface area (Å²) in [6.45, 7) is 2.21. The Hall–Kier alpha value is -2.70. The molecule has 0 saturated carbocycles. The average molecular weight is 393 g/mol. The number of pyridine rings is 1. The molecule has 0 bridgehead atoms. The van der Waals surface area contributed by atoms with Gasteiger partial charge in [0.05, 0.1) is 24.4 Å². The van der Waals surface area contributed by atoms with E-state index >= 15 is 0 Å². The lowest BCUT2D eigenvalue weighted by Crippen LogP contribution is -2.30. The van der Waals surface area contributed by atoms with Gasteiger partial charge in [-0.1, -0.05) is 36.4 Å². The first kappa shape index (κ1) is 18.7. The van der Waals surface area contributed by atoms with Crippen LogP contribution in [0.2, 0.25) is 0 Å². The van der Waals surface area contributed by atoms with Crippen LogP contribution in [0.15, 0.2) is 73.1 Å². The lowest BCUT2D eigenvalue weighted by atomic mass is 10.0. The second-order valence-corrected chi connectivity index (χ2v) is 7.25. The van der Waals surface area contributed by atoms with E-state index in [9.17, 15) is 0 Å². The van der Waals surface area contributed by atoms with Crippen molar-refractivity contribution in [3.05, 3.63) is 90.0 Å². The van der Waals surface area contributed by atoms with E-state index in [1.54, 1.807) is 7.11 Å². The Labute approximate surface area is 171 Å². The largest absolute Gasteiger partial charge is 0.383 e. The zero-order chi connectivity index (χ0) is 19.3. The van der Waals surface area contributed by atoms with E-state index in [-0.39, 0.29) is 12.1 Å². The Bertz CT molecular complexity index is 913. The van der Waals surface area contributed by atoms with Crippen molar-refractivity contribution in [2.45, 2.75) is 25.2 Å². The van der Waals surface area contributed by atoms with Crippen LogP contribution in [-0.4, -0.2) is 33.3 Å². The van der Waals surface area contributed by atoms with E-state index in [0.29, 0.717) is 6.61 Å². The first-order valence-corrected chi connectivity index (χ1v) is 9.84. The van der Waals surface area contributed by atoms with Crippen LogP contribution in [0.1, 0.15) is 29.0 Å².